The first-order valence-electron chi connectivity index (χ1n) is 18.9. The van der Waals surface area contributed by atoms with Gasteiger partial charge in [-0.2, -0.15) is 0 Å². The van der Waals surface area contributed by atoms with Crippen molar-refractivity contribution in [1.29, 1.82) is 0 Å². The number of hydrogen-bond donors (Lipinski definition) is 1. The molecule has 0 saturated heterocycles. The van der Waals surface area contributed by atoms with Crippen molar-refractivity contribution in [3.63, 3.8) is 0 Å². The van der Waals surface area contributed by atoms with E-state index < -0.39 is 0 Å². The van der Waals surface area contributed by atoms with Gasteiger partial charge in [0.25, 0.3) is 0 Å². The van der Waals surface area contributed by atoms with Crippen LogP contribution in [0.15, 0.2) is 206 Å². The molecule has 0 aromatic heterocycles. The number of hydrogen-bond acceptors (Lipinski definition) is 2. The average Bonchev–Trinajstić information content (AvgIpc) is 3.24. The van der Waals surface area contributed by atoms with Crippen LogP contribution < -0.4 is 10.2 Å². The fraction of sp³-hybridized carbons (Fsp3) is 0.0189. The van der Waals surface area contributed by atoms with Gasteiger partial charge >= 0.3 is 0 Å². The quantitative estimate of drug-likeness (QED) is 0.166. The number of anilines is 5. The third kappa shape index (κ3) is 5.85. The predicted octanol–water partition coefficient (Wildman–Crippen LogP) is 15.2. The highest BCUT2D eigenvalue weighted by molar-refractivity contribution is 6.21. The Morgan fingerprint density at radius 2 is 0.764 bits per heavy atom. The summed E-state index contributed by atoms with van der Waals surface area (Å²) in [5.74, 6) is 0. The summed E-state index contributed by atoms with van der Waals surface area (Å²) in [7, 11) is 0. The summed E-state index contributed by atoms with van der Waals surface area (Å²) < 4.78 is 0. The van der Waals surface area contributed by atoms with Gasteiger partial charge in [-0.1, -0.05) is 163 Å². The van der Waals surface area contributed by atoms with Gasteiger partial charge < -0.3 is 10.2 Å². The molecule has 0 radical (unpaired) electrons. The van der Waals surface area contributed by atoms with Gasteiger partial charge in [0.05, 0.1) is 5.69 Å². The predicted molar refractivity (Wildman–Crippen MR) is 236 cm³/mol. The fourth-order valence-electron chi connectivity index (χ4n) is 8.26. The molecule has 2 heteroatoms. The Labute approximate surface area is 321 Å². The lowest BCUT2D eigenvalue weighted by Crippen LogP contribution is -2.10. The monoisotopic (exact) mass is 702 g/mol. The van der Waals surface area contributed by atoms with Crippen LogP contribution in [0.1, 0.15) is 5.56 Å². The van der Waals surface area contributed by atoms with Crippen LogP contribution in [-0.4, -0.2) is 0 Å². The van der Waals surface area contributed by atoms with Gasteiger partial charge in [0.1, 0.15) is 0 Å². The number of nitrogens with one attached hydrogen (secondary N) is 1. The minimum Gasteiger partial charge on any atom is -0.355 e. The maximum Gasteiger partial charge on any atom is 0.0540 e. The molecule has 260 valence electrons. The lowest BCUT2D eigenvalue weighted by molar-refractivity contribution is 1.29. The third-order valence-corrected chi connectivity index (χ3v) is 10.9. The Morgan fingerprint density at radius 1 is 0.345 bits per heavy atom. The van der Waals surface area contributed by atoms with Crippen LogP contribution in [0.25, 0.3) is 65.3 Å². The largest absolute Gasteiger partial charge is 0.355 e. The lowest BCUT2D eigenvalue weighted by atomic mass is 9.86. The van der Waals surface area contributed by atoms with Crippen molar-refractivity contribution >= 4 is 71.5 Å². The first-order valence-corrected chi connectivity index (χ1v) is 18.9. The molecule has 0 atom stereocenters. The highest BCUT2D eigenvalue weighted by atomic mass is 15.1. The smallest absolute Gasteiger partial charge is 0.0540 e. The van der Waals surface area contributed by atoms with E-state index in [1.807, 2.05) is 0 Å². The fourth-order valence-corrected chi connectivity index (χ4v) is 8.26. The van der Waals surface area contributed by atoms with Crippen LogP contribution in [0.2, 0.25) is 0 Å². The number of aryl methyl sites for hydroxylation is 1. The molecule has 10 aromatic rings. The first kappa shape index (κ1) is 32.5. The van der Waals surface area contributed by atoms with E-state index in [0.29, 0.717) is 0 Å². The zero-order valence-corrected chi connectivity index (χ0v) is 30.6. The summed E-state index contributed by atoms with van der Waals surface area (Å²) >= 11 is 0. The van der Waals surface area contributed by atoms with E-state index in [-0.39, 0.29) is 0 Å². The molecular formula is C53H38N2. The van der Waals surface area contributed by atoms with Crippen LogP contribution in [0.3, 0.4) is 0 Å². The molecule has 0 aliphatic heterocycles. The van der Waals surface area contributed by atoms with E-state index in [4.69, 9.17) is 0 Å². The minimum atomic E-state index is 1.06. The first-order chi connectivity index (χ1) is 27.2. The average molecular weight is 703 g/mol. The Balaban J connectivity index is 1.07. The third-order valence-electron chi connectivity index (χ3n) is 10.9. The van der Waals surface area contributed by atoms with Gasteiger partial charge in [-0.3, -0.25) is 0 Å². The standard InChI is InChI=1S/C53H38N2/c1-36-24-32-42(33-25-36)55(51-23-11-15-38-13-3-5-17-45(38)51)43-34-28-40(29-35-43)53-48-20-8-6-18-46(48)52(47-19-7-9-21-49(47)53)39-26-30-41(31-27-39)54-50-22-10-14-37-12-2-4-16-44(37)50/h2-35,54H,1H3. The van der Waals surface area contributed by atoms with Gasteiger partial charge in [0.15, 0.2) is 0 Å². The molecule has 10 aromatic carbocycles. The Hall–Kier alpha value is -7.16. The van der Waals surface area contributed by atoms with Crippen LogP contribution >= 0.6 is 0 Å². The summed E-state index contributed by atoms with van der Waals surface area (Å²) in [4.78, 5) is 2.38. The molecule has 55 heavy (non-hydrogen) atoms. The van der Waals surface area contributed by atoms with E-state index in [1.165, 1.54) is 70.9 Å². The SMILES string of the molecule is Cc1ccc(N(c2ccc(-c3c4ccccc4c(-c4ccc(Nc5cccc6ccccc56)cc4)c4ccccc34)cc2)c2cccc3ccccc23)cc1. The van der Waals surface area contributed by atoms with Crippen LogP contribution in [-0.2, 0) is 0 Å². The molecular weight excluding hydrogens is 665 g/mol. The molecule has 10 rings (SSSR count). The maximum atomic E-state index is 3.67. The summed E-state index contributed by atoms with van der Waals surface area (Å²) in [6.45, 7) is 2.14. The van der Waals surface area contributed by atoms with Crippen molar-refractivity contribution < 1.29 is 0 Å². The van der Waals surface area contributed by atoms with Gasteiger partial charge in [-0.05, 0) is 110 Å². The molecule has 0 bridgehead atoms. The Bertz CT molecular complexity index is 2930. The molecule has 0 saturated carbocycles. The molecule has 0 aliphatic rings. The summed E-state index contributed by atoms with van der Waals surface area (Å²) in [6, 6.07) is 74.7. The zero-order chi connectivity index (χ0) is 36.7. The van der Waals surface area contributed by atoms with Crippen molar-refractivity contribution in [3.8, 4) is 22.3 Å². The highest BCUT2D eigenvalue weighted by Crippen LogP contribution is 2.45. The Morgan fingerprint density at radius 3 is 1.33 bits per heavy atom. The molecule has 0 aliphatic carbocycles. The molecule has 2 nitrogen and oxygen atoms in total. The van der Waals surface area contributed by atoms with Crippen molar-refractivity contribution in [2.45, 2.75) is 6.92 Å². The van der Waals surface area contributed by atoms with Gasteiger partial charge in [-0.25, -0.2) is 0 Å². The molecule has 0 heterocycles. The summed E-state index contributed by atoms with van der Waals surface area (Å²) in [5.41, 5.74) is 11.7. The van der Waals surface area contributed by atoms with E-state index in [9.17, 15) is 0 Å². The summed E-state index contributed by atoms with van der Waals surface area (Å²) in [5, 5.41) is 13.5. The van der Waals surface area contributed by atoms with E-state index >= 15 is 0 Å². The second-order valence-electron chi connectivity index (χ2n) is 14.3. The second-order valence-corrected chi connectivity index (χ2v) is 14.3. The van der Waals surface area contributed by atoms with Crippen molar-refractivity contribution in [2.75, 3.05) is 10.2 Å². The maximum absolute atomic E-state index is 3.67. The van der Waals surface area contributed by atoms with Crippen molar-refractivity contribution in [1.82, 2.24) is 0 Å². The van der Waals surface area contributed by atoms with Crippen LogP contribution in [0, 0.1) is 6.92 Å². The van der Waals surface area contributed by atoms with Crippen LogP contribution in [0.5, 0.6) is 0 Å². The second kappa shape index (κ2) is 13.7. The highest BCUT2D eigenvalue weighted by Gasteiger charge is 2.19. The number of fused-ring (bicyclic) bond motifs is 4. The zero-order valence-electron chi connectivity index (χ0n) is 30.6. The van der Waals surface area contributed by atoms with E-state index in [0.717, 1.165) is 28.4 Å². The molecule has 0 amide bonds. The molecule has 0 fully saturated rings. The lowest BCUT2D eigenvalue weighted by Gasteiger charge is -2.27. The number of benzene rings is 10. The van der Waals surface area contributed by atoms with Crippen LogP contribution in [0.4, 0.5) is 28.4 Å². The van der Waals surface area contributed by atoms with Crippen molar-refractivity contribution in [2.24, 2.45) is 0 Å². The molecule has 0 spiro atoms. The van der Waals surface area contributed by atoms with E-state index in [1.54, 1.807) is 0 Å². The normalized spacial score (nSPS) is 11.4. The van der Waals surface area contributed by atoms with Gasteiger partial charge in [0, 0.05) is 33.5 Å². The number of nitrogens with zero attached hydrogens (tertiary/aromatic N) is 1. The number of rotatable bonds is 7. The Kier molecular flexibility index (Phi) is 8.08. The summed E-state index contributed by atoms with van der Waals surface area (Å²) in [6.07, 6.45) is 0. The molecule has 1 N–H and O–H groups in total. The van der Waals surface area contributed by atoms with Crippen molar-refractivity contribution in [3.05, 3.63) is 212 Å². The van der Waals surface area contributed by atoms with E-state index in [2.05, 4.69) is 223 Å². The van der Waals surface area contributed by atoms with Gasteiger partial charge in [-0.15, -0.1) is 0 Å². The molecule has 0 unspecified atom stereocenters. The topological polar surface area (TPSA) is 15.3 Å². The minimum absolute atomic E-state index is 1.06. The van der Waals surface area contributed by atoms with Gasteiger partial charge in [0.2, 0.25) is 0 Å².